The minimum Gasteiger partial charge on any atom is -0.387 e. The summed E-state index contributed by atoms with van der Waals surface area (Å²) in [5.74, 6) is -2.55. The number of amides is 1. The maximum absolute atomic E-state index is 12.5. The first kappa shape index (κ1) is 13.1. The van der Waals surface area contributed by atoms with Gasteiger partial charge in [0.25, 0.3) is 0 Å². The summed E-state index contributed by atoms with van der Waals surface area (Å²) in [7, 11) is 0. The Balaban J connectivity index is 2.76. The predicted molar refractivity (Wildman–Crippen MR) is 51.4 cm³/mol. The number of carbonyl (C=O) groups is 1. The van der Waals surface area contributed by atoms with Crippen LogP contribution in [0.15, 0.2) is 22.9 Å². The summed E-state index contributed by atoms with van der Waals surface area (Å²) in [6, 6.07) is 0. The Bertz CT molecular complexity index is 349. The molecule has 0 aromatic rings. The molecular formula is C9H9ClF3NO2. The largest absolute Gasteiger partial charge is 0.396 e. The van der Waals surface area contributed by atoms with Gasteiger partial charge in [0.05, 0.1) is 5.92 Å². The fourth-order valence-electron chi connectivity index (χ4n) is 1.27. The second kappa shape index (κ2) is 4.88. The van der Waals surface area contributed by atoms with Crippen LogP contribution in [0.4, 0.5) is 13.2 Å². The molecule has 0 aliphatic heterocycles. The Kier molecular flexibility index (Phi) is 3.98. The van der Waals surface area contributed by atoms with Crippen molar-refractivity contribution in [3.63, 3.8) is 0 Å². The van der Waals surface area contributed by atoms with Crippen molar-refractivity contribution < 1.29 is 23.1 Å². The molecule has 0 heterocycles. The third-order valence-electron chi connectivity index (χ3n) is 2.04. The van der Waals surface area contributed by atoms with Gasteiger partial charge in [0, 0.05) is 17.2 Å². The summed E-state index contributed by atoms with van der Waals surface area (Å²) < 4.78 is 37.4. The first-order valence-corrected chi connectivity index (χ1v) is 4.76. The van der Waals surface area contributed by atoms with Crippen LogP contribution in [-0.4, -0.2) is 23.8 Å². The monoisotopic (exact) mass is 255 g/mol. The third kappa shape index (κ3) is 3.24. The summed E-state index contributed by atoms with van der Waals surface area (Å²) in [6.07, 6.45) is -2.49. The standard InChI is InChI=1S/C9H9ClF3NO2/c10-7-2-1-5(14-8(16)4-15)3-6(7)9(11,12)13/h1-2,6,15H,3-4H2,(H,14,16). The van der Waals surface area contributed by atoms with Gasteiger partial charge in [-0.05, 0) is 12.2 Å². The Morgan fingerprint density at radius 1 is 1.56 bits per heavy atom. The topological polar surface area (TPSA) is 49.3 Å². The van der Waals surface area contributed by atoms with Crippen molar-refractivity contribution in [2.24, 2.45) is 5.92 Å². The average Bonchev–Trinajstić information content (AvgIpc) is 2.19. The van der Waals surface area contributed by atoms with Gasteiger partial charge in [0.15, 0.2) is 0 Å². The van der Waals surface area contributed by atoms with Gasteiger partial charge in [0.1, 0.15) is 6.61 Å². The lowest BCUT2D eigenvalue weighted by Crippen LogP contribution is -2.32. The number of nitrogens with one attached hydrogen (secondary N) is 1. The van der Waals surface area contributed by atoms with Crippen LogP contribution in [-0.2, 0) is 4.79 Å². The first-order chi connectivity index (χ1) is 7.34. The van der Waals surface area contributed by atoms with E-state index in [1.807, 2.05) is 0 Å². The first-order valence-electron chi connectivity index (χ1n) is 4.38. The molecule has 0 aromatic carbocycles. The minimum atomic E-state index is -4.45. The van der Waals surface area contributed by atoms with Crippen molar-refractivity contribution in [1.82, 2.24) is 5.32 Å². The van der Waals surface area contributed by atoms with Gasteiger partial charge in [-0.15, -0.1) is 0 Å². The Morgan fingerprint density at radius 3 is 2.69 bits per heavy atom. The number of halogens is 4. The number of aliphatic hydroxyl groups excluding tert-OH is 1. The van der Waals surface area contributed by atoms with E-state index in [1.165, 1.54) is 6.08 Å². The van der Waals surface area contributed by atoms with Gasteiger partial charge in [-0.2, -0.15) is 13.2 Å². The third-order valence-corrected chi connectivity index (χ3v) is 2.43. The molecule has 0 aromatic heterocycles. The number of hydrogen-bond acceptors (Lipinski definition) is 2. The van der Waals surface area contributed by atoms with Crippen LogP contribution in [0.1, 0.15) is 6.42 Å². The number of alkyl halides is 3. The molecule has 1 amide bonds. The van der Waals surface area contributed by atoms with Gasteiger partial charge in [-0.25, -0.2) is 0 Å². The van der Waals surface area contributed by atoms with E-state index in [9.17, 15) is 18.0 Å². The molecule has 1 unspecified atom stereocenters. The van der Waals surface area contributed by atoms with Crippen molar-refractivity contribution in [2.75, 3.05) is 6.61 Å². The summed E-state index contributed by atoms with van der Waals surface area (Å²) in [4.78, 5) is 10.8. The zero-order chi connectivity index (χ0) is 12.3. The molecule has 1 aliphatic carbocycles. The Labute approximate surface area is 94.6 Å². The predicted octanol–water partition coefficient (Wildman–Crippen LogP) is 1.68. The van der Waals surface area contributed by atoms with E-state index in [-0.39, 0.29) is 10.7 Å². The van der Waals surface area contributed by atoms with Crippen molar-refractivity contribution in [1.29, 1.82) is 0 Å². The zero-order valence-electron chi connectivity index (χ0n) is 8.01. The molecule has 0 fully saturated rings. The fourth-order valence-corrected chi connectivity index (χ4v) is 1.53. The molecule has 2 N–H and O–H groups in total. The maximum Gasteiger partial charge on any atom is 0.396 e. The van der Waals surface area contributed by atoms with Gasteiger partial charge in [0.2, 0.25) is 5.91 Å². The van der Waals surface area contributed by atoms with E-state index in [2.05, 4.69) is 5.32 Å². The van der Waals surface area contributed by atoms with Crippen molar-refractivity contribution in [3.8, 4) is 0 Å². The summed E-state index contributed by atoms with van der Waals surface area (Å²) >= 11 is 5.44. The van der Waals surface area contributed by atoms with Gasteiger partial charge < -0.3 is 10.4 Å². The lowest BCUT2D eigenvalue weighted by molar-refractivity contribution is -0.162. The molecule has 1 aliphatic rings. The molecular weight excluding hydrogens is 247 g/mol. The number of rotatable bonds is 2. The van der Waals surface area contributed by atoms with Crippen LogP contribution >= 0.6 is 11.6 Å². The molecule has 0 saturated heterocycles. The van der Waals surface area contributed by atoms with E-state index < -0.39 is 31.0 Å². The lowest BCUT2D eigenvalue weighted by atomic mass is 9.97. The molecule has 1 atom stereocenters. The van der Waals surface area contributed by atoms with E-state index in [0.717, 1.165) is 6.08 Å². The van der Waals surface area contributed by atoms with Crippen LogP contribution in [0.25, 0.3) is 0 Å². The molecule has 3 nitrogen and oxygen atoms in total. The molecule has 16 heavy (non-hydrogen) atoms. The molecule has 0 spiro atoms. The van der Waals surface area contributed by atoms with Crippen LogP contribution in [0.2, 0.25) is 0 Å². The van der Waals surface area contributed by atoms with Gasteiger partial charge >= 0.3 is 6.18 Å². The van der Waals surface area contributed by atoms with Crippen molar-refractivity contribution in [2.45, 2.75) is 12.6 Å². The van der Waals surface area contributed by atoms with Crippen LogP contribution in [0.3, 0.4) is 0 Å². The van der Waals surface area contributed by atoms with E-state index in [4.69, 9.17) is 16.7 Å². The van der Waals surface area contributed by atoms with E-state index in [0.29, 0.717) is 0 Å². The minimum absolute atomic E-state index is 0.0887. The van der Waals surface area contributed by atoms with E-state index in [1.54, 1.807) is 0 Å². The van der Waals surface area contributed by atoms with Crippen LogP contribution < -0.4 is 5.32 Å². The second-order valence-corrected chi connectivity index (χ2v) is 3.68. The molecule has 0 saturated carbocycles. The van der Waals surface area contributed by atoms with Crippen LogP contribution in [0, 0.1) is 5.92 Å². The Morgan fingerprint density at radius 2 is 2.19 bits per heavy atom. The normalized spacial score (nSPS) is 21.2. The fraction of sp³-hybridized carbons (Fsp3) is 0.444. The highest BCUT2D eigenvalue weighted by Crippen LogP contribution is 2.39. The molecule has 0 radical (unpaired) electrons. The number of carbonyl (C=O) groups excluding carboxylic acids is 1. The van der Waals surface area contributed by atoms with Crippen LogP contribution in [0.5, 0.6) is 0 Å². The zero-order valence-corrected chi connectivity index (χ0v) is 8.77. The van der Waals surface area contributed by atoms with Gasteiger partial charge in [-0.3, -0.25) is 4.79 Å². The number of allylic oxidation sites excluding steroid dienone is 4. The highest BCUT2D eigenvalue weighted by molar-refractivity contribution is 6.30. The van der Waals surface area contributed by atoms with Crippen molar-refractivity contribution in [3.05, 3.63) is 22.9 Å². The smallest absolute Gasteiger partial charge is 0.387 e. The SMILES string of the molecule is O=C(CO)NC1=CC=C(Cl)C(C(F)(F)F)C1. The Hall–Kier alpha value is -1.01. The molecule has 90 valence electrons. The highest BCUT2D eigenvalue weighted by Gasteiger charge is 2.42. The lowest BCUT2D eigenvalue weighted by Gasteiger charge is -2.24. The number of hydrogen-bond donors (Lipinski definition) is 2. The van der Waals surface area contributed by atoms with E-state index >= 15 is 0 Å². The van der Waals surface area contributed by atoms with Crippen molar-refractivity contribution >= 4 is 17.5 Å². The molecule has 1 rings (SSSR count). The van der Waals surface area contributed by atoms with Gasteiger partial charge in [-0.1, -0.05) is 11.6 Å². The summed E-state index contributed by atoms with van der Waals surface area (Å²) in [5, 5.41) is 10.3. The maximum atomic E-state index is 12.5. The highest BCUT2D eigenvalue weighted by atomic mass is 35.5. The second-order valence-electron chi connectivity index (χ2n) is 3.25. The average molecular weight is 256 g/mol. The molecule has 7 heteroatoms. The molecule has 0 bridgehead atoms. The summed E-state index contributed by atoms with van der Waals surface area (Å²) in [5.41, 5.74) is 0.0887. The quantitative estimate of drug-likeness (QED) is 0.789. The summed E-state index contributed by atoms with van der Waals surface area (Å²) in [6.45, 7) is -0.772. The number of aliphatic hydroxyl groups is 1.